The second-order valence-corrected chi connectivity index (χ2v) is 9.82. The van der Waals surface area contributed by atoms with E-state index < -0.39 is 0 Å². The molecule has 0 unspecified atom stereocenters. The first kappa shape index (κ1) is 11.8. The zero-order valence-corrected chi connectivity index (χ0v) is 12.2. The predicted octanol–water partition coefficient (Wildman–Crippen LogP) is 2.39. The average molecular weight is 268 g/mol. The van der Waals surface area contributed by atoms with Gasteiger partial charge < -0.3 is 4.74 Å². The van der Waals surface area contributed by atoms with Gasteiger partial charge in [0.1, 0.15) is 5.75 Å². The highest BCUT2D eigenvalue weighted by Crippen LogP contribution is 2.41. The fourth-order valence-corrected chi connectivity index (χ4v) is 10.6. The molecule has 3 heteroatoms. The Balaban J connectivity index is 1.87. The van der Waals surface area contributed by atoms with Crippen LogP contribution in [0.4, 0.5) is 0 Å². The van der Waals surface area contributed by atoms with E-state index in [4.69, 9.17) is 4.74 Å². The van der Waals surface area contributed by atoms with Crippen LogP contribution in [-0.2, 0) is 21.8 Å². The summed E-state index contributed by atoms with van der Waals surface area (Å²) < 4.78 is 5.25. The summed E-state index contributed by atoms with van der Waals surface area (Å²) in [6.45, 7) is 2.48. The molecule has 4 rings (SSSR count). The van der Waals surface area contributed by atoms with E-state index in [0.29, 0.717) is 21.8 Å². The smallest absolute Gasteiger partial charge is 0.190 e. The van der Waals surface area contributed by atoms with Crippen LogP contribution in [0.15, 0.2) is 24.3 Å². The van der Waals surface area contributed by atoms with Crippen molar-refractivity contribution in [2.75, 3.05) is 30.1 Å². The van der Waals surface area contributed by atoms with Crippen LogP contribution in [-0.4, -0.2) is 35.4 Å². The van der Waals surface area contributed by atoms with Crippen LogP contribution in [0.3, 0.4) is 0 Å². The molecule has 1 aromatic carbocycles. The van der Waals surface area contributed by atoms with Gasteiger partial charge in [0.25, 0.3) is 0 Å². The first-order valence-electron chi connectivity index (χ1n) is 6.26. The number of methoxy groups -OCH3 is 1. The maximum absolute atomic E-state index is 5.25. The molecule has 0 saturated carbocycles. The van der Waals surface area contributed by atoms with E-state index in [1.807, 2.05) is 0 Å². The van der Waals surface area contributed by atoms with E-state index in [1.165, 1.54) is 23.0 Å². The van der Waals surface area contributed by atoms with E-state index >= 15 is 0 Å². The van der Waals surface area contributed by atoms with E-state index in [9.17, 15) is 0 Å². The second kappa shape index (κ2) is 4.77. The highest BCUT2D eigenvalue weighted by atomic mass is 32.2. The molecular formula is C14H20OS2+2. The van der Waals surface area contributed by atoms with Gasteiger partial charge in [-0.25, -0.2) is 0 Å². The van der Waals surface area contributed by atoms with Gasteiger partial charge in [0.05, 0.1) is 7.11 Å². The first-order chi connectivity index (χ1) is 8.29. The van der Waals surface area contributed by atoms with Gasteiger partial charge in [-0.2, -0.15) is 0 Å². The number of hydrogen-bond donors (Lipinski definition) is 0. The molecule has 2 atom stereocenters. The maximum Gasteiger partial charge on any atom is 0.190 e. The van der Waals surface area contributed by atoms with Crippen molar-refractivity contribution in [3.05, 3.63) is 29.8 Å². The summed E-state index contributed by atoms with van der Waals surface area (Å²) in [5.74, 6) is 6.98. The maximum atomic E-state index is 5.25. The van der Waals surface area contributed by atoms with Crippen LogP contribution in [0.25, 0.3) is 0 Å². The Morgan fingerprint density at radius 3 is 2.12 bits per heavy atom. The summed E-state index contributed by atoms with van der Waals surface area (Å²) in [6.07, 6.45) is 0. The van der Waals surface area contributed by atoms with Crippen molar-refractivity contribution in [2.24, 2.45) is 0 Å². The van der Waals surface area contributed by atoms with Gasteiger partial charge in [-0.3, -0.25) is 0 Å². The summed E-state index contributed by atoms with van der Waals surface area (Å²) in [4.78, 5) is 0. The largest absolute Gasteiger partial charge is 0.497 e. The third-order valence-corrected chi connectivity index (χ3v) is 10.3. The van der Waals surface area contributed by atoms with Crippen LogP contribution in [0.5, 0.6) is 5.75 Å². The van der Waals surface area contributed by atoms with Gasteiger partial charge in [0.15, 0.2) is 33.5 Å². The van der Waals surface area contributed by atoms with E-state index in [-0.39, 0.29) is 0 Å². The molecule has 0 aromatic heterocycles. The predicted molar refractivity (Wildman–Crippen MR) is 79.4 cm³/mol. The lowest BCUT2D eigenvalue weighted by molar-refractivity contribution is 0.414. The van der Waals surface area contributed by atoms with Crippen molar-refractivity contribution in [3.63, 3.8) is 0 Å². The Morgan fingerprint density at radius 2 is 1.59 bits per heavy atom. The van der Waals surface area contributed by atoms with E-state index in [0.717, 1.165) is 16.2 Å². The second-order valence-electron chi connectivity index (χ2n) is 4.79. The molecule has 3 aliphatic rings. The molecule has 0 aliphatic carbocycles. The Kier molecular flexibility index (Phi) is 3.31. The minimum absolute atomic E-state index is 0.653. The number of hydrogen-bond acceptors (Lipinski definition) is 1. The lowest BCUT2D eigenvalue weighted by Crippen LogP contribution is -2.51. The van der Waals surface area contributed by atoms with Gasteiger partial charge in [0, 0.05) is 27.4 Å². The Bertz CT molecular complexity index is 380. The molecule has 17 heavy (non-hydrogen) atoms. The highest BCUT2D eigenvalue weighted by molar-refractivity contribution is 8.07. The molecule has 1 aromatic rings. The van der Waals surface area contributed by atoms with Crippen LogP contribution >= 0.6 is 0 Å². The Hall–Kier alpha value is -0.280. The van der Waals surface area contributed by atoms with E-state index in [1.54, 1.807) is 12.7 Å². The lowest BCUT2D eigenvalue weighted by atomic mass is 10.1. The molecule has 92 valence electrons. The molecule has 1 nitrogen and oxygen atoms in total. The van der Waals surface area contributed by atoms with Crippen molar-refractivity contribution >= 4 is 21.8 Å². The number of fused-ring (bicyclic) bond motifs is 3. The van der Waals surface area contributed by atoms with Crippen molar-refractivity contribution in [1.29, 1.82) is 0 Å². The molecule has 0 spiro atoms. The summed E-state index contributed by atoms with van der Waals surface area (Å²) in [6, 6.07) is 8.83. The summed E-state index contributed by atoms with van der Waals surface area (Å²) >= 11 is 0. The third kappa shape index (κ3) is 2.08. The molecule has 0 radical (unpaired) electrons. The zero-order valence-electron chi connectivity index (χ0n) is 10.5. The van der Waals surface area contributed by atoms with E-state index in [2.05, 4.69) is 31.2 Å². The summed E-state index contributed by atoms with van der Waals surface area (Å²) in [5.41, 5.74) is 1.55. The summed E-state index contributed by atoms with van der Waals surface area (Å²) in [5, 5.41) is 1.75. The highest BCUT2D eigenvalue weighted by Gasteiger charge is 2.55. The van der Waals surface area contributed by atoms with Gasteiger partial charge in [0.2, 0.25) is 0 Å². The zero-order chi connectivity index (χ0) is 11.8. The lowest BCUT2D eigenvalue weighted by Gasteiger charge is -2.34. The number of benzene rings is 1. The van der Waals surface area contributed by atoms with Crippen LogP contribution < -0.4 is 4.74 Å². The van der Waals surface area contributed by atoms with Crippen molar-refractivity contribution < 1.29 is 4.74 Å². The number of ether oxygens (including phenoxy) is 1. The van der Waals surface area contributed by atoms with Gasteiger partial charge >= 0.3 is 0 Å². The Morgan fingerprint density at radius 1 is 1.00 bits per heavy atom. The van der Waals surface area contributed by atoms with Gasteiger partial charge in [-0.05, 0) is 19.1 Å². The monoisotopic (exact) mass is 268 g/mol. The van der Waals surface area contributed by atoms with Crippen LogP contribution in [0.2, 0.25) is 0 Å². The molecule has 3 saturated heterocycles. The standard InChI is InChI=1S/C14H20OS2/c1-11-14(17-9-7-16(11)8-10-17)12-3-5-13(15-2)6-4-12/h3-6,11,14H,7-10H2,1-2H3/q+2/t11-,14+,16?,17?/m0/s1. The van der Waals surface area contributed by atoms with Crippen LogP contribution in [0.1, 0.15) is 17.7 Å². The SMILES string of the molecule is COc1ccc([C@H]2[C@H](C)[S+]3CC[S+]2CC3)cc1. The average Bonchev–Trinajstić information content (AvgIpc) is 2.40. The molecule has 0 N–H and O–H groups in total. The number of rotatable bonds is 2. The molecule has 2 bridgehead atoms. The molecular weight excluding hydrogens is 248 g/mol. The topological polar surface area (TPSA) is 9.23 Å². The minimum Gasteiger partial charge on any atom is -0.497 e. The normalized spacial score (nSPS) is 35.9. The van der Waals surface area contributed by atoms with Crippen LogP contribution in [0, 0.1) is 0 Å². The molecule has 3 aliphatic heterocycles. The Labute approximate surface area is 110 Å². The fourth-order valence-electron chi connectivity index (χ4n) is 2.96. The quantitative estimate of drug-likeness (QED) is 0.748. The molecule has 0 amide bonds. The third-order valence-electron chi connectivity index (χ3n) is 3.97. The molecule has 3 fully saturated rings. The van der Waals surface area contributed by atoms with Gasteiger partial charge in [-0.15, -0.1) is 0 Å². The summed E-state index contributed by atoms with van der Waals surface area (Å²) in [7, 11) is 3.10. The fraction of sp³-hybridized carbons (Fsp3) is 0.571. The molecule has 3 heterocycles. The van der Waals surface area contributed by atoms with Crippen molar-refractivity contribution in [3.8, 4) is 5.75 Å². The van der Waals surface area contributed by atoms with Crippen molar-refractivity contribution in [2.45, 2.75) is 17.4 Å². The minimum atomic E-state index is 0.653. The van der Waals surface area contributed by atoms with Crippen molar-refractivity contribution in [1.82, 2.24) is 0 Å². The first-order valence-corrected chi connectivity index (χ1v) is 9.51. The van der Waals surface area contributed by atoms with Gasteiger partial charge in [-0.1, -0.05) is 12.1 Å².